The summed E-state index contributed by atoms with van der Waals surface area (Å²) in [6.45, 7) is 3.12. The van der Waals surface area contributed by atoms with Crippen LogP contribution in [0.1, 0.15) is 49.8 Å². The first-order chi connectivity index (χ1) is 13.8. The summed E-state index contributed by atoms with van der Waals surface area (Å²) in [5.41, 5.74) is 4.19. The van der Waals surface area contributed by atoms with E-state index in [0.29, 0.717) is 6.61 Å². The molecule has 3 aromatic rings. The van der Waals surface area contributed by atoms with Crippen molar-refractivity contribution in [2.45, 2.75) is 56.4 Å². The maximum atomic E-state index is 8.79. The number of thioether (sulfide) groups is 1. The first-order valence-electron chi connectivity index (χ1n) is 10.0. The Morgan fingerprint density at radius 2 is 1.82 bits per heavy atom. The minimum absolute atomic E-state index is 0.307. The number of hydrogen-bond donors (Lipinski definition) is 2. The minimum Gasteiger partial charge on any atom is -0.493 e. The number of nitrogens with one attached hydrogen (secondary N) is 1. The van der Waals surface area contributed by atoms with Crippen LogP contribution in [0.5, 0.6) is 5.75 Å². The second kappa shape index (κ2) is 11.1. The topological polar surface area (TPSA) is 71.0 Å². The van der Waals surface area contributed by atoms with E-state index in [2.05, 4.69) is 21.9 Å². The van der Waals surface area contributed by atoms with Crippen LogP contribution < -0.4 is 4.74 Å². The average molecular weight is 400 g/mol. The number of para-hydroxylation sites is 2. The number of aliphatic hydroxyl groups excluding tert-OH is 1. The summed E-state index contributed by atoms with van der Waals surface area (Å²) in [4.78, 5) is 12.5. The van der Waals surface area contributed by atoms with Gasteiger partial charge in [0.05, 0.1) is 23.3 Å². The number of nitrogens with zero attached hydrogens (tertiary/aromatic N) is 2. The smallest absolute Gasteiger partial charge is 0.166 e. The van der Waals surface area contributed by atoms with Gasteiger partial charge in [-0.05, 0) is 38.0 Å². The van der Waals surface area contributed by atoms with Crippen LogP contribution in [0.25, 0.3) is 11.0 Å². The van der Waals surface area contributed by atoms with Gasteiger partial charge in [-0.3, -0.25) is 4.98 Å². The number of rotatable bonds is 12. The Kier molecular flexibility index (Phi) is 8.18. The molecule has 3 rings (SSSR count). The standard InChI is InChI=1S/C22H29N3O2S/c1-17-20(16-28-22-24-18-10-6-7-11-19(18)25-22)23-13-12-21(17)27-15-9-5-3-2-4-8-14-26/h6-7,10-13,26H,2-5,8-9,14-16H2,1H3,(H,24,25). The van der Waals surface area contributed by atoms with Crippen molar-refractivity contribution in [2.24, 2.45) is 0 Å². The molecule has 150 valence electrons. The predicted molar refractivity (Wildman–Crippen MR) is 115 cm³/mol. The van der Waals surface area contributed by atoms with Crippen molar-refractivity contribution in [2.75, 3.05) is 13.2 Å². The fraction of sp³-hybridized carbons (Fsp3) is 0.455. The van der Waals surface area contributed by atoms with Crippen molar-refractivity contribution in [1.29, 1.82) is 0 Å². The molecular formula is C22H29N3O2S. The van der Waals surface area contributed by atoms with Gasteiger partial charge in [0.1, 0.15) is 5.75 Å². The van der Waals surface area contributed by atoms with Crippen LogP contribution in [-0.2, 0) is 5.75 Å². The van der Waals surface area contributed by atoms with E-state index in [-0.39, 0.29) is 0 Å². The molecule has 28 heavy (non-hydrogen) atoms. The molecule has 6 heteroatoms. The SMILES string of the molecule is Cc1c(OCCCCCCCCO)ccnc1CSc1nc2ccccc2[nH]1. The van der Waals surface area contributed by atoms with Crippen LogP contribution in [0.2, 0.25) is 0 Å². The first-order valence-corrected chi connectivity index (χ1v) is 11.0. The average Bonchev–Trinajstić information content (AvgIpc) is 3.13. The van der Waals surface area contributed by atoms with Gasteiger partial charge in [0.25, 0.3) is 0 Å². The van der Waals surface area contributed by atoms with Crippen molar-refractivity contribution >= 4 is 22.8 Å². The summed E-state index contributed by atoms with van der Waals surface area (Å²) in [6.07, 6.45) is 8.49. The number of unbranched alkanes of at least 4 members (excludes halogenated alkanes) is 5. The highest BCUT2D eigenvalue weighted by atomic mass is 32.2. The van der Waals surface area contributed by atoms with Gasteiger partial charge in [-0.1, -0.05) is 49.6 Å². The number of benzene rings is 1. The molecule has 0 aliphatic rings. The molecule has 0 fully saturated rings. The zero-order chi connectivity index (χ0) is 19.6. The molecule has 2 N–H and O–H groups in total. The largest absolute Gasteiger partial charge is 0.493 e. The van der Waals surface area contributed by atoms with Crippen molar-refractivity contribution in [3.05, 3.63) is 47.8 Å². The molecule has 0 spiro atoms. The highest BCUT2D eigenvalue weighted by Gasteiger charge is 2.09. The van der Waals surface area contributed by atoms with Crippen LogP contribution >= 0.6 is 11.8 Å². The van der Waals surface area contributed by atoms with Crippen molar-refractivity contribution in [3.63, 3.8) is 0 Å². The molecular weight excluding hydrogens is 370 g/mol. The van der Waals surface area contributed by atoms with Gasteiger partial charge in [-0.25, -0.2) is 4.98 Å². The number of hydrogen-bond acceptors (Lipinski definition) is 5. The third-order valence-corrected chi connectivity index (χ3v) is 5.67. The number of H-pyrrole nitrogens is 1. The monoisotopic (exact) mass is 399 g/mol. The van der Waals surface area contributed by atoms with Gasteiger partial charge in [-0.15, -0.1) is 0 Å². The molecule has 0 aliphatic carbocycles. The number of pyridine rings is 1. The number of ether oxygens (including phenoxy) is 1. The van der Waals surface area contributed by atoms with Gasteiger partial charge in [0.15, 0.2) is 5.16 Å². The number of aromatic amines is 1. The van der Waals surface area contributed by atoms with Crippen LogP contribution in [0.15, 0.2) is 41.7 Å². The molecule has 0 unspecified atom stereocenters. The minimum atomic E-state index is 0.307. The lowest BCUT2D eigenvalue weighted by atomic mass is 10.1. The van der Waals surface area contributed by atoms with E-state index in [1.807, 2.05) is 36.5 Å². The number of aromatic nitrogens is 3. The molecule has 0 aliphatic heterocycles. The van der Waals surface area contributed by atoms with Crippen molar-refractivity contribution in [1.82, 2.24) is 15.0 Å². The van der Waals surface area contributed by atoms with Gasteiger partial charge >= 0.3 is 0 Å². The third-order valence-electron chi connectivity index (χ3n) is 4.78. The molecule has 0 radical (unpaired) electrons. The number of fused-ring (bicyclic) bond motifs is 1. The van der Waals surface area contributed by atoms with Crippen LogP contribution in [0, 0.1) is 6.92 Å². The Balaban J connectivity index is 1.46. The molecule has 2 aromatic heterocycles. The van der Waals surface area contributed by atoms with E-state index >= 15 is 0 Å². The van der Waals surface area contributed by atoms with Crippen molar-refractivity contribution in [3.8, 4) is 5.75 Å². The van der Waals surface area contributed by atoms with Crippen LogP contribution in [-0.4, -0.2) is 33.3 Å². The Bertz CT molecular complexity index is 833. The van der Waals surface area contributed by atoms with Crippen molar-refractivity contribution < 1.29 is 9.84 Å². The van der Waals surface area contributed by atoms with E-state index in [0.717, 1.165) is 64.8 Å². The Morgan fingerprint density at radius 1 is 1.04 bits per heavy atom. The third kappa shape index (κ3) is 5.97. The van der Waals surface area contributed by atoms with Gasteiger partial charge in [-0.2, -0.15) is 0 Å². The zero-order valence-electron chi connectivity index (χ0n) is 16.5. The normalized spacial score (nSPS) is 11.2. The summed E-state index contributed by atoms with van der Waals surface area (Å²) < 4.78 is 5.99. The van der Waals surface area contributed by atoms with E-state index in [1.54, 1.807) is 11.8 Å². The van der Waals surface area contributed by atoms with E-state index < -0.39 is 0 Å². The summed E-state index contributed by atoms with van der Waals surface area (Å²) in [5.74, 6) is 1.68. The van der Waals surface area contributed by atoms with E-state index in [1.165, 1.54) is 19.3 Å². The molecule has 1 aromatic carbocycles. The number of aliphatic hydroxyl groups is 1. The van der Waals surface area contributed by atoms with Gasteiger partial charge < -0.3 is 14.8 Å². The lowest BCUT2D eigenvalue weighted by molar-refractivity contribution is 0.280. The maximum Gasteiger partial charge on any atom is 0.166 e. The molecule has 5 nitrogen and oxygen atoms in total. The number of imidazole rings is 1. The molecule has 0 atom stereocenters. The fourth-order valence-electron chi connectivity index (χ4n) is 3.10. The summed E-state index contributed by atoms with van der Waals surface area (Å²) in [7, 11) is 0. The Hall–Kier alpha value is -2.05. The lowest BCUT2D eigenvalue weighted by Gasteiger charge is -2.11. The lowest BCUT2D eigenvalue weighted by Crippen LogP contribution is -2.02. The van der Waals surface area contributed by atoms with Gasteiger partial charge in [0, 0.05) is 24.1 Å². The highest BCUT2D eigenvalue weighted by molar-refractivity contribution is 7.98. The molecule has 2 heterocycles. The summed E-state index contributed by atoms with van der Waals surface area (Å²) in [5, 5.41) is 9.70. The second-order valence-electron chi connectivity index (χ2n) is 6.92. The Morgan fingerprint density at radius 3 is 2.64 bits per heavy atom. The van der Waals surface area contributed by atoms with Crippen LogP contribution in [0.4, 0.5) is 0 Å². The van der Waals surface area contributed by atoms with E-state index in [9.17, 15) is 0 Å². The summed E-state index contributed by atoms with van der Waals surface area (Å²) in [6, 6.07) is 10.0. The predicted octanol–water partition coefficient (Wildman–Crippen LogP) is 5.27. The van der Waals surface area contributed by atoms with Gasteiger partial charge in [0.2, 0.25) is 0 Å². The molecule has 0 saturated carbocycles. The maximum absolute atomic E-state index is 8.79. The van der Waals surface area contributed by atoms with E-state index in [4.69, 9.17) is 9.84 Å². The fourth-order valence-corrected chi connectivity index (χ4v) is 4.01. The molecule has 0 saturated heterocycles. The first kappa shape index (κ1) is 20.7. The zero-order valence-corrected chi connectivity index (χ0v) is 17.3. The quantitative estimate of drug-likeness (QED) is 0.321. The molecule has 0 bridgehead atoms. The highest BCUT2D eigenvalue weighted by Crippen LogP contribution is 2.27. The summed E-state index contributed by atoms with van der Waals surface area (Å²) >= 11 is 1.66. The second-order valence-corrected chi connectivity index (χ2v) is 7.89. The van der Waals surface area contributed by atoms with Crippen LogP contribution in [0.3, 0.4) is 0 Å². The Labute approximate surface area is 170 Å². The molecule has 0 amide bonds.